The first kappa shape index (κ1) is 14.4. The van der Waals surface area contributed by atoms with E-state index in [1.54, 1.807) is 0 Å². The van der Waals surface area contributed by atoms with Gasteiger partial charge in [0.05, 0.1) is 0 Å². The van der Waals surface area contributed by atoms with Gasteiger partial charge in [0.2, 0.25) is 5.91 Å². The third-order valence-corrected chi connectivity index (χ3v) is 2.46. The lowest BCUT2D eigenvalue weighted by molar-refractivity contribution is -0.128. The second-order valence-electron chi connectivity index (χ2n) is 4.09. The van der Waals surface area contributed by atoms with Crippen molar-refractivity contribution in [2.24, 2.45) is 0 Å². The molecular formula is C12H25NO2. The predicted octanol–water partition coefficient (Wildman–Crippen LogP) is 2.23. The maximum absolute atomic E-state index is 11.0. The summed E-state index contributed by atoms with van der Waals surface area (Å²) in [4.78, 5) is 11.0. The Balaban J connectivity index is 3.08. The minimum Gasteiger partial charge on any atom is -0.384 e. The van der Waals surface area contributed by atoms with Crippen molar-refractivity contribution >= 4 is 5.91 Å². The Bertz CT molecular complexity index is 158. The van der Waals surface area contributed by atoms with Crippen LogP contribution in [0.15, 0.2) is 0 Å². The third kappa shape index (κ3) is 9.73. The number of carbonyl (C=O) groups is 1. The molecule has 1 atom stereocenters. The maximum Gasteiger partial charge on any atom is 0.248 e. The standard InChI is InChI=1S/C12H25NO2/c1-3-4-5-6-7-8-9-10-13-12(15)11(2)14/h11,14H,3-10H2,1-2H3,(H,13,15). The second kappa shape index (κ2) is 9.97. The van der Waals surface area contributed by atoms with Crippen LogP contribution in [-0.4, -0.2) is 23.7 Å². The van der Waals surface area contributed by atoms with Crippen LogP contribution in [0, 0.1) is 0 Å². The Morgan fingerprint density at radius 1 is 1.13 bits per heavy atom. The summed E-state index contributed by atoms with van der Waals surface area (Å²) < 4.78 is 0. The van der Waals surface area contributed by atoms with Gasteiger partial charge < -0.3 is 10.4 Å². The number of carbonyl (C=O) groups excluding carboxylic acids is 1. The summed E-state index contributed by atoms with van der Waals surface area (Å²) in [5, 5.41) is 11.6. The summed E-state index contributed by atoms with van der Waals surface area (Å²) in [5.74, 6) is -0.263. The fourth-order valence-electron chi connectivity index (χ4n) is 1.44. The van der Waals surface area contributed by atoms with Crippen LogP contribution in [0.4, 0.5) is 0 Å². The van der Waals surface area contributed by atoms with E-state index >= 15 is 0 Å². The molecule has 90 valence electrons. The molecule has 0 rings (SSSR count). The summed E-state index contributed by atoms with van der Waals surface area (Å²) in [6, 6.07) is 0. The molecule has 0 aliphatic carbocycles. The molecule has 0 heterocycles. The van der Waals surface area contributed by atoms with Crippen LogP contribution < -0.4 is 5.32 Å². The molecule has 0 fully saturated rings. The maximum atomic E-state index is 11.0. The lowest BCUT2D eigenvalue weighted by atomic mass is 10.1. The molecule has 0 spiro atoms. The average Bonchev–Trinajstić information content (AvgIpc) is 2.21. The quantitative estimate of drug-likeness (QED) is 0.579. The number of nitrogens with one attached hydrogen (secondary N) is 1. The molecule has 0 aromatic rings. The van der Waals surface area contributed by atoms with E-state index in [1.165, 1.54) is 45.4 Å². The van der Waals surface area contributed by atoms with Gasteiger partial charge in [0.15, 0.2) is 0 Å². The molecule has 3 nitrogen and oxygen atoms in total. The largest absolute Gasteiger partial charge is 0.384 e. The van der Waals surface area contributed by atoms with Gasteiger partial charge in [-0.05, 0) is 13.3 Å². The summed E-state index contributed by atoms with van der Waals surface area (Å²) >= 11 is 0. The second-order valence-corrected chi connectivity index (χ2v) is 4.09. The van der Waals surface area contributed by atoms with Gasteiger partial charge >= 0.3 is 0 Å². The molecule has 2 N–H and O–H groups in total. The van der Waals surface area contributed by atoms with Crippen LogP contribution in [0.25, 0.3) is 0 Å². The number of amides is 1. The molecule has 0 aromatic heterocycles. The van der Waals surface area contributed by atoms with Gasteiger partial charge in [0.1, 0.15) is 6.10 Å². The summed E-state index contributed by atoms with van der Waals surface area (Å²) in [6.07, 6.45) is 7.81. The molecule has 3 heteroatoms. The van der Waals surface area contributed by atoms with Crippen LogP contribution in [0.3, 0.4) is 0 Å². The minimum absolute atomic E-state index is 0.263. The van der Waals surface area contributed by atoms with Crippen molar-refractivity contribution in [3.63, 3.8) is 0 Å². The van der Waals surface area contributed by atoms with Crippen LogP contribution in [-0.2, 0) is 4.79 Å². The van der Waals surface area contributed by atoms with E-state index in [-0.39, 0.29) is 5.91 Å². The average molecular weight is 215 g/mol. The number of unbranched alkanes of at least 4 members (excludes halogenated alkanes) is 6. The first-order chi connectivity index (χ1) is 7.18. The summed E-state index contributed by atoms with van der Waals surface area (Å²) in [5.41, 5.74) is 0. The molecule has 0 aromatic carbocycles. The van der Waals surface area contributed by atoms with Gasteiger partial charge in [-0.15, -0.1) is 0 Å². The lowest BCUT2D eigenvalue weighted by Gasteiger charge is -2.06. The van der Waals surface area contributed by atoms with Crippen molar-refractivity contribution < 1.29 is 9.90 Å². The van der Waals surface area contributed by atoms with Gasteiger partial charge in [-0.1, -0.05) is 45.4 Å². The third-order valence-electron chi connectivity index (χ3n) is 2.46. The van der Waals surface area contributed by atoms with Crippen molar-refractivity contribution in [3.05, 3.63) is 0 Å². The number of rotatable bonds is 9. The number of hydrogen-bond acceptors (Lipinski definition) is 2. The highest BCUT2D eigenvalue weighted by molar-refractivity contribution is 5.79. The zero-order chi connectivity index (χ0) is 11.5. The minimum atomic E-state index is -0.880. The van der Waals surface area contributed by atoms with Crippen molar-refractivity contribution in [1.82, 2.24) is 5.32 Å². The molecule has 0 saturated heterocycles. The smallest absolute Gasteiger partial charge is 0.248 e. The number of aliphatic hydroxyl groups excluding tert-OH is 1. The molecule has 0 bridgehead atoms. The Morgan fingerprint density at radius 3 is 2.20 bits per heavy atom. The monoisotopic (exact) mass is 215 g/mol. The van der Waals surface area contributed by atoms with E-state index in [0.717, 1.165) is 6.42 Å². The van der Waals surface area contributed by atoms with E-state index in [2.05, 4.69) is 12.2 Å². The Hall–Kier alpha value is -0.570. The summed E-state index contributed by atoms with van der Waals surface area (Å²) in [6.45, 7) is 4.39. The van der Waals surface area contributed by atoms with Gasteiger partial charge in [-0.3, -0.25) is 4.79 Å². The predicted molar refractivity (Wildman–Crippen MR) is 62.7 cm³/mol. The molecule has 15 heavy (non-hydrogen) atoms. The lowest BCUT2D eigenvalue weighted by Crippen LogP contribution is -2.33. The highest BCUT2D eigenvalue weighted by atomic mass is 16.3. The highest BCUT2D eigenvalue weighted by Crippen LogP contribution is 2.06. The van der Waals surface area contributed by atoms with Crippen molar-refractivity contribution in [3.8, 4) is 0 Å². The van der Waals surface area contributed by atoms with Crippen molar-refractivity contribution in [1.29, 1.82) is 0 Å². The molecule has 1 amide bonds. The fourth-order valence-corrected chi connectivity index (χ4v) is 1.44. The van der Waals surface area contributed by atoms with E-state index in [0.29, 0.717) is 6.54 Å². The zero-order valence-corrected chi connectivity index (χ0v) is 10.1. The molecule has 0 aliphatic heterocycles. The van der Waals surface area contributed by atoms with Crippen LogP contribution >= 0.6 is 0 Å². The zero-order valence-electron chi connectivity index (χ0n) is 10.1. The first-order valence-electron chi connectivity index (χ1n) is 6.14. The van der Waals surface area contributed by atoms with E-state index in [4.69, 9.17) is 5.11 Å². The highest BCUT2D eigenvalue weighted by Gasteiger charge is 2.06. The van der Waals surface area contributed by atoms with Gasteiger partial charge in [0.25, 0.3) is 0 Å². The van der Waals surface area contributed by atoms with Gasteiger partial charge in [0, 0.05) is 6.54 Å². The van der Waals surface area contributed by atoms with Crippen LogP contribution in [0.2, 0.25) is 0 Å². The van der Waals surface area contributed by atoms with Gasteiger partial charge in [-0.25, -0.2) is 0 Å². The summed E-state index contributed by atoms with van der Waals surface area (Å²) in [7, 11) is 0. The Labute approximate surface area is 93.3 Å². The Kier molecular flexibility index (Phi) is 9.59. The van der Waals surface area contributed by atoms with E-state index < -0.39 is 6.10 Å². The normalized spacial score (nSPS) is 12.5. The number of hydrogen-bond donors (Lipinski definition) is 2. The molecular weight excluding hydrogens is 190 g/mol. The van der Waals surface area contributed by atoms with Crippen molar-refractivity contribution in [2.45, 2.75) is 64.9 Å². The van der Waals surface area contributed by atoms with E-state index in [1.807, 2.05) is 0 Å². The van der Waals surface area contributed by atoms with Crippen molar-refractivity contribution in [2.75, 3.05) is 6.54 Å². The molecule has 0 radical (unpaired) electrons. The molecule has 0 saturated carbocycles. The van der Waals surface area contributed by atoms with Crippen LogP contribution in [0.5, 0.6) is 0 Å². The van der Waals surface area contributed by atoms with Crippen LogP contribution in [0.1, 0.15) is 58.8 Å². The van der Waals surface area contributed by atoms with E-state index in [9.17, 15) is 4.79 Å². The SMILES string of the molecule is CCCCCCCCCNC(=O)C(C)O. The topological polar surface area (TPSA) is 49.3 Å². The number of aliphatic hydroxyl groups is 1. The molecule has 0 aliphatic rings. The molecule has 1 unspecified atom stereocenters. The van der Waals surface area contributed by atoms with Gasteiger partial charge in [-0.2, -0.15) is 0 Å². The first-order valence-corrected chi connectivity index (χ1v) is 6.14. The fraction of sp³-hybridized carbons (Fsp3) is 0.917. The Morgan fingerprint density at radius 2 is 1.67 bits per heavy atom.